The molecule has 3 heteroatoms. The number of hydrogen-bond acceptors (Lipinski definition) is 2. The van der Waals surface area contributed by atoms with Crippen molar-refractivity contribution in [2.45, 2.75) is 63.3 Å². The van der Waals surface area contributed by atoms with E-state index in [0.717, 1.165) is 24.8 Å². The van der Waals surface area contributed by atoms with Crippen LogP contribution in [0.25, 0.3) is 0 Å². The van der Waals surface area contributed by atoms with Gasteiger partial charge in [-0.1, -0.05) is 43.9 Å². The highest BCUT2D eigenvalue weighted by Gasteiger charge is 2.53. The maximum Gasteiger partial charge on any atom is 0.274 e. The normalized spacial score (nSPS) is 26.6. The number of fused-ring (bicyclic) bond motifs is 2. The number of nitrogens with zero attached hydrogens (tertiary/aromatic N) is 2. The van der Waals surface area contributed by atoms with E-state index in [1.54, 1.807) is 0 Å². The predicted molar refractivity (Wildman–Crippen MR) is 87.8 cm³/mol. The molecule has 2 aliphatic carbocycles. The monoisotopic (exact) mass is 296 g/mol. The van der Waals surface area contributed by atoms with Crippen LogP contribution in [0.5, 0.6) is 0 Å². The molecule has 116 valence electrons. The van der Waals surface area contributed by atoms with Crippen LogP contribution in [0.3, 0.4) is 0 Å². The molecule has 3 nitrogen and oxygen atoms in total. The summed E-state index contributed by atoms with van der Waals surface area (Å²) in [6.07, 6.45) is 10.9. The summed E-state index contributed by atoms with van der Waals surface area (Å²) in [4.78, 5) is 13.1. The Morgan fingerprint density at radius 2 is 1.82 bits per heavy atom. The van der Waals surface area contributed by atoms with Crippen molar-refractivity contribution in [3.63, 3.8) is 0 Å². The second-order valence-electron chi connectivity index (χ2n) is 7.04. The van der Waals surface area contributed by atoms with Crippen molar-refractivity contribution >= 4 is 11.6 Å². The lowest BCUT2D eigenvalue weighted by molar-refractivity contribution is 0.0286. The molecule has 0 aromatic heterocycles. The molecule has 0 bridgehead atoms. The summed E-state index contributed by atoms with van der Waals surface area (Å²) in [5, 5.41) is 6.77. The van der Waals surface area contributed by atoms with Gasteiger partial charge in [-0.05, 0) is 44.2 Å². The largest absolute Gasteiger partial charge is 0.274 e. The number of hydrogen-bond donors (Lipinski definition) is 0. The average molecular weight is 296 g/mol. The Kier molecular flexibility index (Phi) is 3.51. The minimum Gasteiger partial charge on any atom is -0.267 e. The first-order chi connectivity index (χ1) is 10.8. The Balaban J connectivity index is 1.72. The molecular weight excluding hydrogens is 272 g/mol. The fourth-order valence-electron chi connectivity index (χ4n) is 4.74. The molecule has 4 rings (SSSR count). The van der Waals surface area contributed by atoms with Gasteiger partial charge in [0.2, 0.25) is 0 Å². The van der Waals surface area contributed by atoms with Crippen molar-refractivity contribution < 1.29 is 4.79 Å². The Morgan fingerprint density at radius 3 is 2.59 bits per heavy atom. The SMILES string of the molecule is O=C(c1ccccc1)N1N=C2CCCC[C@H]2C12CCCCC2. The van der Waals surface area contributed by atoms with Gasteiger partial charge in [0.05, 0.1) is 5.54 Å². The Labute approximate surface area is 132 Å². The van der Waals surface area contributed by atoms with E-state index in [1.165, 1.54) is 44.2 Å². The topological polar surface area (TPSA) is 32.7 Å². The Bertz CT molecular complexity index is 587. The van der Waals surface area contributed by atoms with Gasteiger partial charge >= 0.3 is 0 Å². The quantitative estimate of drug-likeness (QED) is 0.756. The number of hydrazone groups is 1. The maximum absolute atomic E-state index is 13.1. The van der Waals surface area contributed by atoms with Gasteiger partial charge in [0.1, 0.15) is 0 Å². The van der Waals surface area contributed by atoms with Gasteiger partial charge < -0.3 is 0 Å². The summed E-state index contributed by atoms with van der Waals surface area (Å²) in [5.74, 6) is 0.624. The molecule has 0 saturated heterocycles. The van der Waals surface area contributed by atoms with Gasteiger partial charge in [-0.15, -0.1) is 0 Å². The van der Waals surface area contributed by atoms with Crippen molar-refractivity contribution in [1.29, 1.82) is 0 Å². The number of carbonyl (C=O) groups excluding carboxylic acids is 1. The summed E-state index contributed by atoms with van der Waals surface area (Å²) in [6.45, 7) is 0. The van der Waals surface area contributed by atoms with Gasteiger partial charge in [-0.25, -0.2) is 5.01 Å². The van der Waals surface area contributed by atoms with E-state index in [2.05, 4.69) is 0 Å². The van der Waals surface area contributed by atoms with E-state index in [4.69, 9.17) is 5.10 Å². The van der Waals surface area contributed by atoms with Gasteiger partial charge in [0.15, 0.2) is 0 Å². The summed E-state index contributed by atoms with van der Waals surface area (Å²) in [7, 11) is 0. The second-order valence-corrected chi connectivity index (χ2v) is 7.04. The van der Waals surface area contributed by atoms with Crippen LogP contribution in [-0.4, -0.2) is 22.2 Å². The molecule has 1 atom stereocenters. The molecule has 1 spiro atoms. The molecule has 2 fully saturated rings. The zero-order valence-electron chi connectivity index (χ0n) is 13.1. The van der Waals surface area contributed by atoms with Crippen molar-refractivity contribution in [3.8, 4) is 0 Å². The minimum absolute atomic E-state index is 0.0130. The van der Waals surface area contributed by atoms with Gasteiger partial charge in [0, 0.05) is 17.2 Å². The smallest absolute Gasteiger partial charge is 0.267 e. The molecule has 1 aromatic carbocycles. The van der Waals surface area contributed by atoms with Crippen LogP contribution in [0, 0.1) is 5.92 Å². The van der Waals surface area contributed by atoms with E-state index >= 15 is 0 Å². The molecule has 1 aromatic rings. The first-order valence-corrected chi connectivity index (χ1v) is 8.78. The van der Waals surface area contributed by atoms with Crippen molar-refractivity contribution in [3.05, 3.63) is 35.9 Å². The number of carbonyl (C=O) groups is 1. The number of benzene rings is 1. The van der Waals surface area contributed by atoms with Crippen LogP contribution in [0.1, 0.15) is 68.1 Å². The van der Waals surface area contributed by atoms with Crippen LogP contribution in [0.15, 0.2) is 35.4 Å². The van der Waals surface area contributed by atoms with Crippen LogP contribution >= 0.6 is 0 Å². The fourth-order valence-corrected chi connectivity index (χ4v) is 4.74. The number of amides is 1. The summed E-state index contributed by atoms with van der Waals surface area (Å²) in [5.41, 5.74) is 2.06. The standard InChI is InChI=1S/C19H24N2O/c22-18(15-9-3-1-4-10-15)21-19(13-7-2-8-14-19)16-11-5-6-12-17(16)20-21/h1,3-4,9-10,16H,2,5-8,11-14H2/t16-/m1/s1. The fraction of sp³-hybridized carbons (Fsp3) is 0.579. The summed E-state index contributed by atoms with van der Waals surface area (Å²) < 4.78 is 0. The third kappa shape index (κ3) is 2.10. The van der Waals surface area contributed by atoms with Crippen LogP contribution in [0.2, 0.25) is 0 Å². The summed E-state index contributed by atoms with van der Waals surface area (Å²) in [6, 6.07) is 9.68. The molecule has 0 unspecified atom stereocenters. The Morgan fingerprint density at radius 1 is 1.05 bits per heavy atom. The van der Waals surface area contributed by atoms with E-state index in [9.17, 15) is 4.79 Å². The van der Waals surface area contributed by atoms with E-state index in [1.807, 2.05) is 35.3 Å². The zero-order valence-corrected chi connectivity index (χ0v) is 13.1. The highest BCUT2D eigenvalue weighted by molar-refractivity contribution is 5.99. The molecule has 3 aliphatic rings. The van der Waals surface area contributed by atoms with Crippen molar-refractivity contribution in [2.24, 2.45) is 11.0 Å². The van der Waals surface area contributed by atoms with Gasteiger partial charge in [0.25, 0.3) is 5.91 Å². The first-order valence-electron chi connectivity index (χ1n) is 8.78. The van der Waals surface area contributed by atoms with E-state index in [-0.39, 0.29) is 11.4 Å². The van der Waals surface area contributed by atoms with Crippen molar-refractivity contribution in [2.75, 3.05) is 0 Å². The van der Waals surface area contributed by atoms with Crippen LogP contribution in [-0.2, 0) is 0 Å². The molecule has 0 radical (unpaired) electrons. The lowest BCUT2D eigenvalue weighted by Gasteiger charge is -2.44. The van der Waals surface area contributed by atoms with E-state index in [0.29, 0.717) is 5.92 Å². The van der Waals surface area contributed by atoms with E-state index < -0.39 is 0 Å². The molecular formula is C19H24N2O. The average Bonchev–Trinajstić information content (AvgIpc) is 2.90. The second kappa shape index (κ2) is 5.53. The first kappa shape index (κ1) is 14.0. The molecule has 1 amide bonds. The Hall–Kier alpha value is -1.64. The van der Waals surface area contributed by atoms with Gasteiger partial charge in [-0.2, -0.15) is 5.10 Å². The maximum atomic E-state index is 13.1. The zero-order chi connectivity index (χ0) is 15.0. The summed E-state index contributed by atoms with van der Waals surface area (Å²) >= 11 is 0. The predicted octanol–water partition coefficient (Wildman–Crippen LogP) is 4.39. The number of rotatable bonds is 1. The third-order valence-electron chi connectivity index (χ3n) is 5.81. The molecule has 0 N–H and O–H groups in total. The van der Waals surface area contributed by atoms with Crippen molar-refractivity contribution in [1.82, 2.24) is 5.01 Å². The lowest BCUT2D eigenvalue weighted by Crippen LogP contribution is -2.52. The molecule has 1 heterocycles. The highest BCUT2D eigenvalue weighted by Crippen LogP contribution is 2.49. The van der Waals surface area contributed by atoms with Crippen LogP contribution in [0.4, 0.5) is 0 Å². The molecule has 22 heavy (non-hydrogen) atoms. The molecule has 2 saturated carbocycles. The minimum atomic E-state index is -0.0130. The third-order valence-corrected chi connectivity index (χ3v) is 5.81. The highest BCUT2D eigenvalue weighted by atomic mass is 16.2. The van der Waals surface area contributed by atoms with Gasteiger partial charge in [-0.3, -0.25) is 4.79 Å². The molecule has 1 aliphatic heterocycles. The lowest BCUT2D eigenvalue weighted by atomic mass is 9.67. The van der Waals surface area contributed by atoms with Crippen LogP contribution < -0.4 is 0 Å².